The average molecular weight is 573 g/mol. The van der Waals surface area contributed by atoms with Gasteiger partial charge in [0.15, 0.2) is 11.2 Å². The Balaban J connectivity index is 1.16. The summed E-state index contributed by atoms with van der Waals surface area (Å²) in [4.78, 5) is 0. The molecule has 0 radical (unpaired) electrons. The number of fused-ring (bicyclic) bond motifs is 7. The van der Waals surface area contributed by atoms with E-state index in [4.69, 9.17) is 13.6 Å². The fraction of sp³-hybridized carbons (Fsp3) is 0.0732. The van der Waals surface area contributed by atoms with Crippen LogP contribution >= 0.6 is 0 Å². The molecular weight excluding hydrogens is 540 g/mol. The third kappa shape index (κ3) is 4.83. The molecule has 0 saturated heterocycles. The zero-order valence-electron chi connectivity index (χ0n) is 25.1. The van der Waals surface area contributed by atoms with Gasteiger partial charge < -0.3 is 13.6 Å². The molecule has 6 aromatic rings. The first-order valence-corrected chi connectivity index (χ1v) is 14.7. The van der Waals surface area contributed by atoms with Gasteiger partial charge in [0.05, 0.1) is 6.26 Å². The Morgan fingerprint density at radius 2 is 1.41 bits per heavy atom. The van der Waals surface area contributed by atoms with E-state index in [-0.39, 0.29) is 0 Å². The van der Waals surface area contributed by atoms with Gasteiger partial charge in [-0.05, 0) is 108 Å². The largest absolute Gasteiger partial charge is 0.465 e. The minimum Gasteiger partial charge on any atom is -0.465 e. The lowest BCUT2D eigenvalue weighted by molar-refractivity contribution is 0.363. The van der Waals surface area contributed by atoms with E-state index >= 15 is 0 Å². The van der Waals surface area contributed by atoms with Crippen molar-refractivity contribution in [1.82, 2.24) is 0 Å². The second-order valence-electron chi connectivity index (χ2n) is 11.3. The molecule has 3 heterocycles. The summed E-state index contributed by atoms with van der Waals surface area (Å²) in [5, 5.41) is 4.30. The van der Waals surface area contributed by atoms with Crippen molar-refractivity contribution in [3.8, 4) is 11.1 Å². The van der Waals surface area contributed by atoms with Gasteiger partial charge in [0, 0.05) is 21.5 Å². The Morgan fingerprint density at radius 1 is 0.727 bits per heavy atom. The fourth-order valence-corrected chi connectivity index (χ4v) is 5.71. The van der Waals surface area contributed by atoms with Crippen molar-refractivity contribution < 1.29 is 13.6 Å². The lowest BCUT2D eigenvalue weighted by Crippen LogP contribution is -1.94. The molecule has 214 valence electrons. The molecule has 0 N–H and O–H groups in total. The minimum atomic E-state index is 0.772. The zero-order chi connectivity index (χ0) is 30.4. The van der Waals surface area contributed by atoms with E-state index in [2.05, 4.69) is 93.7 Å². The molecule has 44 heavy (non-hydrogen) atoms. The molecule has 1 aliphatic heterocycles. The highest BCUT2D eigenvalue weighted by Gasteiger charge is 2.16. The summed E-state index contributed by atoms with van der Waals surface area (Å²) in [5.74, 6) is 0.772. The van der Waals surface area contributed by atoms with Crippen LogP contribution in [0.1, 0.15) is 26.3 Å². The van der Waals surface area contributed by atoms with Crippen LogP contribution in [0.3, 0.4) is 0 Å². The molecular formula is C41H32O3. The van der Waals surface area contributed by atoms with Crippen molar-refractivity contribution in [2.75, 3.05) is 0 Å². The molecule has 4 aromatic carbocycles. The first kappa shape index (κ1) is 27.3. The monoisotopic (exact) mass is 572 g/mol. The van der Waals surface area contributed by atoms with Gasteiger partial charge in [-0.2, -0.15) is 0 Å². The van der Waals surface area contributed by atoms with Gasteiger partial charge in [0.1, 0.15) is 16.9 Å². The van der Waals surface area contributed by atoms with Gasteiger partial charge >= 0.3 is 0 Å². The highest BCUT2D eigenvalue weighted by molar-refractivity contribution is 6.19. The van der Waals surface area contributed by atoms with Crippen molar-refractivity contribution >= 4 is 49.5 Å². The van der Waals surface area contributed by atoms with Gasteiger partial charge in [0.25, 0.3) is 0 Å². The molecule has 7 rings (SSSR count). The number of hydrogen-bond donors (Lipinski definition) is 0. The predicted molar refractivity (Wildman–Crippen MR) is 184 cm³/mol. The van der Waals surface area contributed by atoms with Crippen LogP contribution in [0.25, 0.3) is 60.6 Å². The number of ether oxygens (including phenoxy) is 1. The van der Waals surface area contributed by atoms with E-state index in [9.17, 15) is 0 Å². The summed E-state index contributed by atoms with van der Waals surface area (Å²) < 4.78 is 18.4. The maximum Gasteiger partial charge on any atom is 0.178 e. The maximum atomic E-state index is 6.33. The molecule has 1 aliphatic rings. The van der Waals surface area contributed by atoms with Gasteiger partial charge in [0.2, 0.25) is 0 Å². The van der Waals surface area contributed by atoms with Crippen molar-refractivity contribution in [2.24, 2.45) is 0 Å². The van der Waals surface area contributed by atoms with E-state index in [1.165, 1.54) is 0 Å². The molecule has 0 amide bonds. The predicted octanol–water partition coefficient (Wildman–Crippen LogP) is 12.0. The first-order valence-electron chi connectivity index (χ1n) is 14.7. The molecule has 0 fully saturated rings. The topological polar surface area (TPSA) is 35.5 Å². The van der Waals surface area contributed by atoms with E-state index < -0.39 is 0 Å². The molecule has 0 unspecified atom stereocenters. The lowest BCUT2D eigenvalue weighted by Gasteiger charge is -2.12. The van der Waals surface area contributed by atoms with Crippen LogP contribution in [0, 0.1) is 0 Å². The lowest BCUT2D eigenvalue weighted by atomic mass is 9.97. The standard InChI is InChI=1S/C41H32O3/c1-25-10-8-9-21-42-39(29(25)5)23-27(3)26(2)22-28(4)30-13-15-31(16-14-30)32-17-20-38-36(24-32)35-19-18-34-33-11-6-7-12-37(33)43-40(34)41(35)44-38/h6-24H,1-2H2,3-5H3/b10-8-,21-9-,27-23+,28-22+,39-29-. The third-order valence-electron chi connectivity index (χ3n) is 8.43. The van der Waals surface area contributed by atoms with Crippen molar-refractivity contribution in [2.45, 2.75) is 20.8 Å². The highest BCUT2D eigenvalue weighted by atomic mass is 16.5. The van der Waals surface area contributed by atoms with Gasteiger partial charge in [-0.15, -0.1) is 0 Å². The Kier molecular flexibility index (Phi) is 6.79. The van der Waals surface area contributed by atoms with Crippen LogP contribution in [0.4, 0.5) is 0 Å². The summed E-state index contributed by atoms with van der Waals surface area (Å²) in [6.45, 7) is 14.6. The number of allylic oxidation sites excluding steroid dienone is 10. The fourth-order valence-electron chi connectivity index (χ4n) is 5.71. The number of furan rings is 2. The average Bonchev–Trinajstić information content (AvgIpc) is 3.61. The molecule has 0 atom stereocenters. The van der Waals surface area contributed by atoms with Crippen molar-refractivity contribution in [1.29, 1.82) is 0 Å². The van der Waals surface area contributed by atoms with Gasteiger partial charge in [-0.3, -0.25) is 0 Å². The smallest absolute Gasteiger partial charge is 0.178 e. The Hall–Kier alpha value is -5.54. The molecule has 3 heteroatoms. The molecule has 0 spiro atoms. The second-order valence-corrected chi connectivity index (χ2v) is 11.3. The summed E-state index contributed by atoms with van der Waals surface area (Å²) in [7, 11) is 0. The third-order valence-corrected chi connectivity index (χ3v) is 8.43. The van der Waals surface area contributed by atoms with Crippen molar-refractivity contribution in [3.63, 3.8) is 0 Å². The summed E-state index contributed by atoms with van der Waals surface area (Å²) in [5.41, 5.74) is 11.7. The summed E-state index contributed by atoms with van der Waals surface area (Å²) in [6, 6.07) is 27.4. The summed E-state index contributed by atoms with van der Waals surface area (Å²) >= 11 is 0. The minimum absolute atomic E-state index is 0.772. The quantitative estimate of drug-likeness (QED) is 0.193. The molecule has 3 nitrogen and oxygen atoms in total. The molecule has 0 aliphatic carbocycles. The Bertz CT molecular complexity index is 2290. The second kappa shape index (κ2) is 10.9. The molecule has 0 bridgehead atoms. The number of hydrogen-bond acceptors (Lipinski definition) is 3. The SMILES string of the molecule is C=C1/C=C\C=C/OC(/C=C(\C)C(=C)/C=C(\C)c2ccc(-c3ccc4oc5c(ccc6c7ccccc7oc65)c4c3)cc2)=C\1C. The van der Waals surface area contributed by atoms with Crippen LogP contribution in [0.15, 0.2) is 166 Å². The van der Waals surface area contributed by atoms with E-state index in [0.717, 1.165) is 94.2 Å². The normalized spacial score (nSPS) is 17.7. The van der Waals surface area contributed by atoms with Crippen LogP contribution in [0.2, 0.25) is 0 Å². The molecule has 2 aromatic heterocycles. The van der Waals surface area contributed by atoms with Gasteiger partial charge in [-0.1, -0.05) is 79.9 Å². The van der Waals surface area contributed by atoms with E-state index in [0.29, 0.717) is 0 Å². The first-order chi connectivity index (χ1) is 21.4. The van der Waals surface area contributed by atoms with Crippen LogP contribution < -0.4 is 0 Å². The number of rotatable bonds is 5. The van der Waals surface area contributed by atoms with Gasteiger partial charge in [-0.25, -0.2) is 0 Å². The van der Waals surface area contributed by atoms with E-state index in [1.54, 1.807) is 6.26 Å². The number of para-hydroxylation sites is 1. The Morgan fingerprint density at radius 3 is 2.18 bits per heavy atom. The highest BCUT2D eigenvalue weighted by Crippen LogP contribution is 2.39. The van der Waals surface area contributed by atoms with E-state index in [1.807, 2.05) is 49.4 Å². The molecule has 0 saturated carbocycles. The van der Waals surface area contributed by atoms with Crippen LogP contribution in [0.5, 0.6) is 0 Å². The maximum absolute atomic E-state index is 6.33. The van der Waals surface area contributed by atoms with Crippen LogP contribution in [-0.4, -0.2) is 0 Å². The number of benzene rings is 4. The zero-order valence-corrected chi connectivity index (χ0v) is 25.1. The van der Waals surface area contributed by atoms with Crippen molar-refractivity contribution in [3.05, 3.63) is 162 Å². The summed E-state index contributed by atoms with van der Waals surface area (Å²) in [6.07, 6.45) is 11.6. The van der Waals surface area contributed by atoms with Crippen LogP contribution in [-0.2, 0) is 4.74 Å². The Labute approximate surface area is 256 Å².